The van der Waals surface area contributed by atoms with Crippen LogP contribution in [-0.4, -0.2) is 20.3 Å². The van der Waals surface area contributed by atoms with Gasteiger partial charge in [0.2, 0.25) is 0 Å². The maximum absolute atomic E-state index is 5.80. The van der Waals surface area contributed by atoms with Crippen molar-refractivity contribution in [2.45, 2.75) is 31.8 Å². The lowest BCUT2D eigenvalue weighted by atomic mass is 9.86. The first-order chi connectivity index (χ1) is 7.77. The second kappa shape index (κ2) is 4.98. The number of ether oxygens (including phenoxy) is 2. The van der Waals surface area contributed by atoms with E-state index in [1.54, 1.807) is 0 Å². The zero-order chi connectivity index (χ0) is 11.4. The number of methoxy groups -OCH3 is 1. The summed E-state index contributed by atoms with van der Waals surface area (Å²) in [5.41, 5.74) is 2.44. The highest BCUT2D eigenvalue weighted by Gasteiger charge is 2.32. The van der Waals surface area contributed by atoms with Crippen LogP contribution in [0.4, 0.5) is 0 Å². The van der Waals surface area contributed by atoms with Crippen molar-refractivity contribution >= 4 is 0 Å². The topological polar surface area (TPSA) is 18.5 Å². The number of benzene rings is 1. The Hall–Kier alpha value is -0.860. The van der Waals surface area contributed by atoms with Crippen LogP contribution in [0.25, 0.3) is 0 Å². The minimum atomic E-state index is -0.135. The summed E-state index contributed by atoms with van der Waals surface area (Å²) in [4.78, 5) is 0. The standard InChI is InChI=1S/C14H20O2/c1-12-4-6-13(7-5-12)14(15-2)8-3-10-16-11-9-14/h4-7H,3,8-11H2,1-2H3. The number of rotatable bonds is 2. The van der Waals surface area contributed by atoms with Crippen LogP contribution in [0.15, 0.2) is 24.3 Å². The average molecular weight is 220 g/mol. The van der Waals surface area contributed by atoms with Crippen LogP contribution in [-0.2, 0) is 15.1 Å². The van der Waals surface area contributed by atoms with E-state index in [-0.39, 0.29) is 5.60 Å². The molecule has 1 aromatic carbocycles. The predicted octanol–water partition coefficient (Wildman–Crippen LogP) is 3.04. The molecule has 0 aliphatic carbocycles. The molecule has 0 aromatic heterocycles. The molecule has 1 heterocycles. The largest absolute Gasteiger partial charge is 0.381 e. The van der Waals surface area contributed by atoms with Crippen molar-refractivity contribution in [1.29, 1.82) is 0 Å². The van der Waals surface area contributed by atoms with Crippen molar-refractivity contribution in [3.8, 4) is 0 Å². The maximum Gasteiger partial charge on any atom is 0.0950 e. The van der Waals surface area contributed by atoms with Crippen molar-refractivity contribution in [2.75, 3.05) is 20.3 Å². The van der Waals surface area contributed by atoms with Gasteiger partial charge in [-0.1, -0.05) is 29.8 Å². The first kappa shape index (κ1) is 11.6. The van der Waals surface area contributed by atoms with Crippen LogP contribution < -0.4 is 0 Å². The Balaban J connectivity index is 2.28. The van der Waals surface area contributed by atoms with Crippen LogP contribution in [0.3, 0.4) is 0 Å². The van der Waals surface area contributed by atoms with E-state index in [0.717, 1.165) is 32.5 Å². The van der Waals surface area contributed by atoms with Gasteiger partial charge in [0, 0.05) is 26.7 Å². The van der Waals surface area contributed by atoms with Crippen molar-refractivity contribution in [2.24, 2.45) is 0 Å². The normalized spacial score (nSPS) is 26.4. The first-order valence-electron chi connectivity index (χ1n) is 5.97. The van der Waals surface area contributed by atoms with Gasteiger partial charge in [-0.2, -0.15) is 0 Å². The van der Waals surface area contributed by atoms with Crippen LogP contribution in [0.5, 0.6) is 0 Å². The maximum atomic E-state index is 5.80. The lowest BCUT2D eigenvalue weighted by Gasteiger charge is -2.31. The van der Waals surface area contributed by atoms with Crippen LogP contribution in [0.2, 0.25) is 0 Å². The number of hydrogen-bond acceptors (Lipinski definition) is 2. The first-order valence-corrected chi connectivity index (χ1v) is 5.97. The molecule has 1 aliphatic rings. The molecule has 0 spiro atoms. The zero-order valence-corrected chi connectivity index (χ0v) is 10.2. The molecule has 88 valence electrons. The van der Waals surface area contributed by atoms with Crippen molar-refractivity contribution < 1.29 is 9.47 Å². The van der Waals surface area contributed by atoms with Gasteiger partial charge in [0.1, 0.15) is 0 Å². The molecule has 1 saturated heterocycles. The highest BCUT2D eigenvalue weighted by Crippen LogP contribution is 2.35. The second-order valence-corrected chi connectivity index (χ2v) is 4.53. The van der Waals surface area contributed by atoms with E-state index in [2.05, 4.69) is 31.2 Å². The summed E-state index contributed by atoms with van der Waals surface area (Å²) in [5, 5.41) is 0. The molecular formula is C14H20O2. The molecule has 0 saturated carbocycles. The Labute approximate surface area is 97.6 Å². The Morgan fingerprint density at radius 2 is 1.88 bits per heavy atom. The van der Waals surface area contributed by atoms with E-state index in [9.17, 15) is 0 Å². The Kier molecular flexibility index (Phi) is 3.62. The zero-order valence-electron chi connectivity index (χ0n) is 10.2. The highest BCUT2D eigenvalue weighted by molar-refractivity contribution is 5.27. The fraction of sp³-hybridized carbons (Fsp3) is 0.571. The van der Waals surface area contributed by atoms with Gasteiger partial charge >= 0.3 is 0 Å². The van der Waals surface area contributed by atoms with Gasteiger partial charge in [0.15, 0.2) is 0 Å². The van der Waals surface area contributed by atoms with E-state index in [0.29, 0.717) is 0 Å². The van der Waals surface area contributed by atoms with Crippen molar-refractivity contribution in [1.82, 2.24) is 0 Å². The van der Waals surface area contributed by atoms with Gasteiger partial charge in [-0.05, 0) is 25.3 Å². The third-order valence-corrected chi connectivity index (χ3v) is 3.49. The molecule has 16 heavy (non-hydrogen) atoms. The molecule has 2 heteroatoms. The third kappa shape index (κ3) is 2.28. The van der Waals surface area contributed by atoms with Gasteiger partial charge in [0.05, 0.1) is 5.60 Å². The van der Waals surface area contributed by atoms with Crippen LogP contribution >= 0.6 is 0 Å². The summed E-state index contributed by atoms with van der Waals surface area (Å²) in [6, 6.07) is 8.68. The summed E-state index contributed by atoms with van der Waals surface area (Å²) >= 11 is 0. The monoisotopic (exact) mass is 220 g/mol. The molecule has 1 atom stereocenters. The fourth-order valence-electron chi connectivity index (χ4n) is 2.39. The summed E-state index contributed by atoms with van der Waals surface area (Å²) in [6.07, 6.45) is 3.07. The molecular weight excluding hydrogens is 200 g/mol. The molecule has 0 radical (unpaired) electrons. The average Bonchev–Trinajstić information content (AvgIpc) is 2.56. The highest BCUT2D eigenvalue weighted by atomic mass is 16.5. The van der Waals surface area contributed by atoms with Crippen molar-refractivity contribution in [3.63, 3.8) is 0 Å². The Bertz CT molecular complexity index is 321. The van der Waals surface area contributed by atoms with Crippen LogP contribution in [0, 0.1) is 6.92 Å². The van der Waals surface area contributed by atoms with Gasteiger partial charge in [-0.15, -0.1) is 0 Å². The molecule has 1 fully saturated rings. The van der Waals surface area contributed by atoms with E-state index >= 15 is 0 Å². The molecule has 0 bridgehead atoms. The lowest BCUT2D eigenvalue weighted by molar-refractivity contribution is -0.0311. The Morgan fingerprint density at radius 3 is 2.56 bits per heavy atom. The van der Waals surface area contributed by atoms with Crippen LogP contribution in [0.1, 0.15) is 30.4 Å². The third-order valence-electron chi connectivity index (χ3n) is 3.49. The molecule has 1 aromatic rings. The number of hydrogen-bond donors (Lipinski definition) is 0. The van der Waals surface area contributed by atoms with E-state index in [4.69, 9.17) is 9.47 Å². The molecule has 1 aliphatic heterocycles. The summed E-state index contributed by atoms with van der Waals surface area (Å²) in [7, 11) is 1.81. The lowest BCUT2D eigenvalue weighted by Crippen LogP contribution is -2.28. The Morgan fingerprint density at radius 1 is 1.12 bits per heavy atom. The molecule has 2 nitrogen and oxygen atoms in total. The SMILES string of the molecule is COC1(c2ccc(C)cc2)CCCOCC1. The van der Waals surface area contributed by atoms with E-state index in [1.807, 2.05) is 7.11 Å². The van der Waals surface area contributed by atoms with Gasteiger partial charge < -0.3 is 9.47 Å². The molecule has 0 N–H and O–H groups in total. The summed E-state index contributed by atoms with van der Waals surface area (Å²) in [5.74, 6) is 0. The van der Waals surface area contributed by atoms with Gasteiger partial charge in [0.25, 0.3) is 0 Å². The fourth-order valence-corrected chi connectivity index (χ4v) is 2.39. The smallest absolute Gasteiger partial charge is 0.0950 e. The van der Waals surface area contributed by atoms with E-state index < -0.39 is 0 Å². The van der Waals surface area contributed by atoms with Crippen molar-refractivity contribution in [3.05, 3.63) is 35.4 Å². The minimum Gasteiger partial charge on any atom is -0.381 e. The second-order valence-electron chi connectivity index (χ2n) is 4.53. The molecule has 1 unspecified atom stereocenters. The number of aryl methyl sites for hydroxylation is 1. The molecule has 0 amide bonds. The summed E-state index contributed by atoms with van der Waals surface area (Å²) in [6.45, 7) is 3.76. The summed E-state index contributed by atoms with van der Waals surface area (Å²) < 4.78 is 11.3. The predicted molar refractivity (Wildman–Crippen MR) is 64.5 cm³/mol. The van der Waals surface area contributed by atoms with Gasteiger partial charge in [-0.3, -0.25) is 0 Å². The minimum absolute atomic E-state index is 0.135. The quantitative estimate of drug-likeness (QED) is 0.762. The van der Waals surface area contributed by atoms with E-state index in [1.165, 1.54) is 11.1 Å². The van der Waals surface area contributed by atoms with Gasteiger partial charge in [-0.25, -0.2) is 0 Å². The molecule has 2 rings (SSSR count).